The molecule has 1 unspecified atom stereocenters. The van der Waals surface area contributed by atoms with Crippen molar-refractivity contribution in [2.45, 2.75) is 65.7 Å². The number of ether oxygens (including phenoxy) is 2. The quantitative estimate of drug-likeness (QED) is 0.725. The van der Waals surface area contributed by atoms with Crippen molar-refractivity contribution in [1.82, 2.24) is 10.6 Å². The summed E-state index contributed by atoms with van der Waals surface area (Å²) in [6.45, 7) is 9.53. The van der Waals surface area contributed by atoms with E-state index in [1.54, 1.807) is 13.8 Å². The fourth-order valence-electron chi connectivity index (χ4n) is 2.84. The van der Waals surface area contributed by atoms with Gasteiger partial charge in [0.05, 0.1) is 23.8 Å². The van der Waals surface area contributed by atoms with Crippen molar-refractivity contribution >= 4 is 12.0 Å². The van der Waals surface area contributed by atoms with Gasteiger partial charge in [-0.3, -0.25) is 0 Å². The summed E-state index contributed by atoms with van der Waals surface area (Å²) in [5.41, 5.74) is 1.88. The van der Waals surface area contributed by atoms with Crippen LogP contribution in [0.5, 0.6) is 5.75 Å². The molecule has 2 amide bonds. The third kappa shape index (κ3) is 5.00. The van der Waals surface area contributed by atoms with Gasteiger partial charge in [-0.05, 0) is 51.8 Å². The lowest BCUT2D eigenvalue weighted by atomic mass is 9.93. The molecule has 26 heavy (non-hydrogen) atoms. The molecule has 2 rings (SSSR count). The van der Waals surface area contributed by atoms with Crippen LogP contribution < -0.4 is 15.4 Å². The van der Waals surface area contributed by atoms with Crippen LogP contribution in [0, 0.1) is 0 Å². The van der Waals surface area contributed by atoms with E-state index in [-0.39, 0.29) is 18.2 Å². The van der Waals surface area contributed by atoms with Crippen molar-refractivity contribution in [1.29, 1.82) is 0 Å². The van der Waals surface area contributed by atoms with Crippen LogP contribution in [0.2, 0.25) is 0 Å². The minimum atomic E-state index is -0.551. The number of hydrogen-bond acceptors (Lipinski definition) is 4. The highest BCUT2D eigenvalue weighted by molar-refractivity contribution is 5.95. The van der Waals surface area contributed by atoms with Crippen LogP contribution in [0.1, 0.15) is 59.1 Å². The summed E-state index contributed by atoms with van der Waals surface area (Å²) in [5, 5.41) is 5.60. The first kappa shape index (κ1) is 19.8. The molecular formula is C20H28N2O4. The molecule has 0 radical (unpaired) electrons. The Labute approximate surface area is 154 Å². The van der Waals surface area contributed by atoms with E-state index < -0.39 is 12.0 Å². The molecule has 1 heterocycles. The molecule has 142 valence electrons. The number of hydrogen-bond donors (Lipinski definition) is 2. The Bertz CT molecular complexity index is 678. The predicted molar refractivity (Wildman–Crippen MR) is 99.8 cm³/mol. The molecule has 0 aromatic heterocycles. The van der Waals surface area contributed by atoms with Gasteiger partial charge in [0.2, 0.25) is 0 Å². The van der Waals surface area contributed by atoms with Gasteiger partial charge in [0, 0.05) is 5.70 Å². The zero-order chi connectivity index (χ0) is 19.3. The number of rotatable bonds is 7. The number of nitrogens with one attached hydrogen (secondary N) is 2. The number of carbonyl (C=O) groups excluding carboxylic acids is 2. The Balaban J connectivity index is 2.40. The lowest BCUT2D eigenvalue weighted by Gasteiger charge is -2.30. The lowest BCUT2D eigenvalue weighted by Crippen LogP contribution is -2.46. The van der Waals surface area contributed by atoms with Crippen molar-refractivity contribution in [2.75, 3.05) is 0 Å². The molecule has 1 aromatic carbocycles. The van der Waals surface area contributed by atoms with Crippen molar-refractivity contribution < 1.29 is 19.1 Å². The fourth-order valence-corrected chi connectivity index (χ4v) is 2.84. The molecule has 0 saturated carbocycles. The van der Waals surface area contributed by atoms with Gasteiger partial charge in [-0.2, -0.15) is 0 Å². The Morgan fingerprint density at radius 1 is 1.12 bits per heavy atom. The predicted octanol–water partition coefficient (Wildman–Crippen LogP) is 3.83. The molecule has 6 nitrogen and oxygen atoms in total. The Morgan fingerprint density at radius 3 is 2.31 bits per heavy atom. The summed E-state index contributed by atoms with van der Waals surface area (Å²) in [5.74, 6) is 0.330. The maximum atomic E-state index is 12.7. The Kier molecular flexibility index (Phi) is 6.66. The monoisotopic (exact) mass is 360 g/mol. The van der Waals surface area contributed by atoms with E-state index in [1.807, 2.05) is 45.0 Å². The van der Waals surface area contributed by atoms with Gasteiger partial charge < -0.3 is 20.1 Å². The first-order valence-corrected chi connectivity index (χ1v) is 9.10. The minimum absolute atomic E-state index is 0.0760. The summed E-state index contributed by atoms with van der Waals surface area (Å²) in [7, 11) is 0. The maximum Gasteiger partial charge on any atom is 0.338 e. The fraction of sp³-hybridized carbons (Fsp3) is 0.500. The van der Waals surface area contributed by atoms with Gasteiger partial charge in [-0.25, -0.2) is 9.59 Å². The van der Waals surface area contributed by atoms with Crippen LogP contribution in [0.25, 0.3) is 0 Å². The number of benzene rings is 1. The second-order valence-electron chi connectivity index (χ2n) is 6.86. The number of urea groups is 1. The molecular weight excluding hydrogens is 332 g/mol. The largest absolute Gasteiger partial charge is 0.491 e. The summed E-state index contributed by atoms with van der Waals surface area (Å²) in [6, 6.07) is 6.54. The van der Waals surface area contributed by atoms with Crippen LogP contribution in [-0.4, -0.2) is 24.2 Å². The van der Waals surface area contributed by atoms with E-state index in [4.69, 9.17) is 9.47 Å². The second-order valence-corrected chi connectivity index (χ2v) is 6.86. The smallest absolute Gasteiger partial charge is 0.338 e. The first-order chi connectivity index (χ1) is 12.3. The number of carbonyl (C=O) groups is 2. The molecule has 1 atom stereocenters. The van der Waals surface area contributed by atoms with Gasteiger partial charge in [0.1, 0.15) is 5.75 Å². The highest BCUT2D eigenvalue weighted by Crippen LogP contribution is 2.30. The Morgan fingerprint density at radius 2 is 1.77 bits per heavy atom. The highest BCUT2D eigenvalue weighted by atomic mass is 16.5. The van der Waals surface area contributed by atoms with Gasteiger partial charge in [-0.1, -0.05) is 25.5 Å². The summed E-state index contributed by atoms with van der Waals surface area (Å²) in [4.78, 5) is 24.8. The standard InChI is InChI=1S/C20H28N2O4/c1-6-7-16-17(19(23)26-13(4)5)18(22-20(24)21-16)14-8-10-15(11-9-14)25-12(2)3/h8-13,18H,6-7H2,1-5H3,(H2,21,22,24). The topological polar surface area (TPSA) is 76.7 Å². The van der Waals surface area contributed by atoms with E-state index in [1.165, 1.54) is 0 Å². The molecule has 0 spiro atoms. The van der Waals surface area contributed by atoms with E-state index in [0.29, 0.717) is 17.7 Å². The molecule has 0 bridgehead atoms. The Hall–Kier alpha value is -2.50. The van der Waals surface area contributed by atoms with E-state index >= 15 is 0 Å². The number of esters is 1. The summed E-state index contributed by atoms with van der Waals surface area (Å²) >= 11 is 0. The average molecular weight is 360 g/mol. The van der Waals surface area contributed by atoms with Gasteiger partial charge in [0.25, 0.3) is 0 Å². The van der Waals surface area contributed by atoms with Gasteiger partial charge >= 0.3 is 12.0 Å². The third-order valence-corrected chi connectivity index (χ3v) is 3.80. The zero-order valence-electron chi connectivity index (χ0n) is 16.1. The van der Waals surface area contributed by atoms with Crippen molar-refractivity contribution in [3.8, 4) is 5.75 Å². The van der Waals surface area contributed by atoms with Gasteiger partial charge in [0.15, 0.2) is 0 Å². The van der Waals surface area contributed by atoms with Crippen LogP contribution in [0.3, 0.4) is 0 Å². The number of amides is 2. The maximum absolute atomic E-state index is 12.7. The molecule has 1 aliphatic heterocycles. The first-order valence-electron chi connectivity index (χ1n) is 9.10. The third-order valence-electron chi connectivity index (χ3n) is 3.80. The van der Waals surface area contributed by atoms with Crippen LogP contribution in [0.4, 0.5) is 4.79 Å². The van der Waals surface area contributed by atoms with E-state index in [9.17, 15) is 9.59 Å². The minimum Gasteiger partial charge on any atom is -0.491 e. The molecule has 0 fully saturated rings. The average Bonchev–Trinajstić information content (AvgIpc) is 2.54. The normalized spacial score (nSPS) is 17.2. The van der Waals surface area contributed by atoms with Crippen molar-refractivity contribution in [3.05, 3.63) is 41.1 Å². The van der Waals surface area contributed by atoms with Gasteiger partial charge in [-0.15, -0.1) is 0 Å². The van der Waals surface area contributed by atoms with E-state index in [2.05, 4.69) is 10.6 Å². The molecule has 1 aromatic rings. The molecule has 0 aliphatic carbocycles. The zero-order valence-corrected chi connectivity index (χ0v) is 16.1. The van der Waals surface area contributed by atoms with E-state index in [0.717, 1.165) is 17.7 Å². The highest BCUT2D eigenvalue weighted by Gasteiger charge is 2.33. The molecule has 6 heteroatoms. The molecule has 0 saturated heterocycles. The van der Waals surface area contributed by atoms with Crippen molar-refractivity contribution in [3.63, 3.8) is 0 Å². The molecule has 1 aliphatic rings. The summed E-state index contributed by atoms with van der Waals surface area (Å²) < 4.78 is 11.1. The number of allylic oxidation sites excluding steroid dienone is 1. The lowest BCUT2D eigenvalue weighted by molar-refractivity contribution is -0.143. The second kappa shape index (κ2) is 8.74. The molecule has 2 N–H and O–H groups in total. The van der Waals surface area contributed by atoms with Crippen LogP contribution in [0.15, 0.2) is 35.5 Å². The SMILES string of the molecule is CCCC1=C(C(=O)OC(C)C)C(c2ccc(OC(C)C)cc2)NC(=O)N1. The summed E-state index contributed by atoms with van der Waals surface area (Å²) in [6.07, 6.45) is 1.24. The van der Waals surface area contributed by atoms with Crippen LogP contribution in [-0.2, 0) is 9.53 Å². The van der Waals surface area contributed by atoms with Crippen molar-refractivity contribution in [2.24, 2.45) is 0 Å². The van der Waals surface area contributed by atoms with Crippen LogP contribution >= 0.6 is 0 Å².